The minimum atomic E-state index is -0.227. The summed E-state index contributed by atoms with van der Waals surface area (Å²) in [5, 5.41) is 11.6. The Morgan fingerprint density at radius 2 is 1.53 bits per heavy atom. The fourth-order valence-corrected chi connectivity index (χ4v) is 2.77. The molecule has 1 amide bonds. The van der Waals surface area contributed by atoms with Crippen LogP contribution in [0.3, 0.4) is 0 Å². The molecule has 0 saturated heterocycles. The normalized spacial score (nSPS) is 10.0. The van der Waals surface area contributed by atoms with Gasteiger partial charge in [-0.2, -0.15) is 5.26 Å². The largest absolute Gasteiger partial charge is 0.493 e. The smallest absolute Gasteiger partial charge is 0.258 e. The monoisotopic (exact) mass is 402 g/mol. The minimum absolute atomic E-state index is 0.0785. The van der Waals surface area contributed by atoms with Crippen LogP contribution in [0, 0.1) is 11.3 Å². The highest BCUT2D eigenvalue weighted by Crippen LogP contribution is 2.25. The van der Waals surface area contributed by atoms with E-state index in [9.17, 15) is 4.79 Å². The van der Waals surface area contributed by atoms with Crippen molar-refractivity contribution in [3.63, 3.8) is 0 Å². The Labute approximate surface area is 175 Å². The van der Waals surface area contributed by atoms with Gasteiger partial charge >= 0.3 is 0 Å². The van der Waals surface area contributed by atoms with Crippen LogP contribution >= 0.6 is 0 Å². The Hall–Kier alpha value is -3.98. The van der Waals surface area contributed by atoms with Crippen LogP contribution in [0.15, 0.2) is 72.8 Å². The molecule has 0 saturated carbocycles. The van der Waals surface area contributed by atoms with Crippen LogP contribution in [-0.2, 0) is 4.79 Å². The molecule has 1 N–H and O–H groups in total. The lowest BCUT2D eigenvalue weighted by molar-refractivity contribution is -0.123. The summed E-state index contributed by atoms with van der Waals surface area (Å²) < 4.78 is 16.4. The van der Waals surface area contributed by atoms with Gasteiger partial charge in [0.25, 0.3) is 5.91 Å². The number of carbonyl (C=O) groups excluding carboxylic acids is 1. The fraction of sp³-hybridized carbons (Fsp3) is 0.167. The average Bonchev–Trinajstić information content (AvgIpc) is 2.81. The molecule has 0 aliphatic heterocycles. The summed E-state index contributed by atoms with van der Waals surface area (Å²) >= 11 is 0. The number of para-hydroxylation sites is 2. The highest BCUT2D eigenvalue weighted by atomic mass is 16.5. The van der Waals surface area contributed by atoms with Gasteiger partial charge in [-0.3, -0.25) is 4.79 Å². The predicted molar refractivity (Wildman–Crippen MR) is 114 cm³/mol. The number of amides is 1. The predicted octanol–water partition coefficient (Wildman–Crippen LogP) is 3.81. The topological polar surface area (TPSA) is 80.6 Å². The molecule has 0 spiro atoms. The van der Waals surface area contributed by atoms with Crippen LogP contribution in [0.25, 0.3) is 11.1 Å². The quantitative estimate of drug-likeness (QED) is 0.551. The first-order valence-corrected chi connectivity index (χ1v) is 9.45. The lowest BCUT2D eigenvalue weighted by atomic mass is 10.0. The maximum Gasteiger partial charge on any atom is 0.258 e. The summed E-state index contributed by atoms with van der Waals surface area (Å²) in [6.07, 6.45) is 0. The molecular weight excluding hydrogens is 380 g/mol. The van der Waals surface area contributed by atoms with Gasteiger partial charge in [-0.05, 0) is 47.5 Å². The summed E-state index contributed by atoms with van der Waals surface area (Å²) in [5.41, 5.74) is 2.64. The Balaban J connectivity index is 1.40. The number of nitrogens with zero attached hydrogens (tertiary/aromatic N) is 1. The van der Waals surface area contributed by atoms with E-state index in [1.54, 1.807) is 19.2 Å². The van der Waals surface area contributed by atoms with Crippen molar-refractivity contribution in [1.29, 1.82) is 5.26 Å². The van der Waals surface area contributed by atoms with Gasteiger partial charge in [0, 0.05) is 0 Å². The zero-order valence-electron chi connectivity index (χ0n) is 16.6. The SMILES string of the molecule is COc1ccccc1OCCNC(=O)COc1ccc(-c2ccc(C#N)cc2)cc1. The number of hydrogen-bond donors (Lipinski definition) is 1. The third kappa shape index (κ3) is 5.76. The Morgan fingerprint density at radius 1 is 0.900 bits per heavy atom. The average molecular weight is 402 g/mol. The van der Waals surface area contributed by atoms with E-state index in [2.05, 4.69) is 11.4 Å². The van der Waals surface area contributed by atoms with Crippen molar-refractivity contribution in [1.82, 2.24) is 5.32 Å². The van der Waals surface area contributed by atoms with E-state index >= 15 is 0 Å². The van der Waals surface area contributed by atoms with E-state index in [0.29, 0.717) is 36.0 Å². The number of benzene rings is 3. The van der Waals surface area contributed by atoms with Gasteiger partial charge in [-0.1, -0.05) is 36.4 Å². The van der Waals surface area contributed by atoms with E-state index in [1.807, 2.05) is 60.7 Å². The molecule has 0 radical (unpaired) electrons. The molecule has 152 valence electrons. The molecule has 0 aromatic heterocycles. The van der Waals surface area contributed by atoms with Crippen molar-refractivity contribution in [2.45, 2.75) is 0 Å². The maximum absolute atomic E-state index is 12.0. The zero-order valence-corrected chi connectivity index (χ0v) is 16.6. The molecule has 3 aromatic carbocycles. The Bertz CT molecular complexity index is 1010. The second kappa shape index (κ2) is 10.5. The molecule has 3 aromatic rings. The van der Waals surface area contributed by atoms with Gasteiger partial charge in [-0.15, -0.1) is 0 Å². The van der Waals surface area contributed by atoms with Crippen molar-refractivity contribution in [2.24, 2.45) is 0 Å². The van der Waals surface area contributed by atoms with Gasteiger partial charge in [-0.25, -0.2) is 0 Å². The van der Waals surface area contributed by atoms with Crippen molar-refractivity contribution < 1.29 is 19.0 Å². The molecule has 0 fully saturated rings. The van der Waals surface area contributed by atoms with Gasteiger partial charge in [0.15, 0.2) is 18.1 Å². The molecule has 0 aliphatic rings. The van der Waals surface area contributed by atoms with Gasteiger partial charge in [0.2, 0.25) is 0 Å². The van der Waals surface area contributed by atoms with E-state index in [-0.39, 0.29) is 12.5 Å². The van der Waals surface area contributed by atoms with Crippen LogP contribution in [0.2, 0.25) is 0 Å². The lowest BCUT2D eigenvalue weighted by Crippen LogP contribution is -2.32. The zero-order chi connectivity index (χ0) is 21.2. The molecule has 0 bridgehead atoms. The van der Waals surface area contributed by atoms with Crippen molar-refractivity contribution >= 4 is 5.91 Å². The molecule has 0 unspecified atom stereocenters. The summed E-state index contributed by atoms with van der Waals surface area (Å²) in [7, 11) is 1.58. The number of carbonyl (C=O) groups is 1. The van der Waals surface area contributed by atoms with Crippen LogP contribution in [-0.4, -0.2) is 32.8 Å². The highest BCUT2D eigenvalue weighted by molar-refractivity contribution is 5.77. The molecule has 0 atom stereocenters. The second-order valence-corrected chi connectivity index (χ2v) is 6.35. The third-order valence-electron chi connectivity index (χ3n) is 4.32. The van der Waals surface area contributed by atoms with Crippen LogP contribution in [0.4, 0.5) is 0 Å². The summed E-state index contributed by atoms with van der Waals surface area (Å²) in [6, 6.07) is 24.2. The van der Waals surface area contributed by atoms with E-state index in [4.69, 9.17) is 19.5 Å². The second-order valence-electron chi connectivity index (χ2n) is 6.35. The third-order valence-corrected chi connectivity index (χ3v) is 4.32. The van der Waals surface area contributed by atoms with Gasteiger partial charge < -0.3 is 19.5 Å². The number of hydrogen-bond acceptors (Lipinski definition) is 5. The van der Waals surface area contributed by atoms with E-state index < -0.39 is 0 Å². The maximum atomic E-state index is 12.0. The van der Waals surface area contributed by atoms with Crippen LogP contribution < -0.4 is 19.5 Å². The number of methoxy groups -OCH3 is 1. The molecule has 6 heteroatoms. The molecular formula is C24H22N2O4. The first-order chi connectivity index (χ1) is 14.7. The minimum Gasteiger partial charge on any atom is -0.493 e. The Kier molecular flexibility index (Phi) is 7.28. The molecule has 3 rings (SSSR count). The van der Waals surface area contributed by atoms with Crippen LogP contribution in [0.1, 0.15) is 5.56 Å². The van der Waals surface area contributed by atoms with E-state index in [1.165, 1.54) is 0 Å². The molecule has 0 aliphatic carbocycles. The van der Waals surface area contributed by atoms with E-state index in [0.717, 1.165) is 11.1 Å². The van der Waals surface area contributed by atoms with Gasteiger partial charge in [0.1, 0.15) is 12.4 Å². The highest BCUT2D eigenvalue weighted by Gasteiger charge is 2.05. The first-order valence-electron chi connectivity index (χ1n) is 9.45. The summed E-state index contributed by atoms with van der Waals surface area (Å²) in [5.74, 6) is 1.66. The molecule has 0 heterocycles. The first kappa shape index (κ1) is 20.7. The standard InChI is InChI=1S/C24H22N2O4/c1-28-22-4-2-3-5-23(22)29-15-14-26-24(27)17-30-21-12-10-20(11-13-21)19-8-6-18(16-25)7-9-19/h2-13H,14-15,17H2,1H3,(H,26,27). The molecule has 30 heavy (non-hydrogen) atoms. The summed E-state index contributed by atoms with van der Waals surface area (Å²) in [6.45, 7) is 0.605. The fourth-order valence-electron chi connectivity index (χ4n) is 2.77. The van der Waals surface area contributed by atoms with Crippen molar-refractivity contribution in [2.75, 3.05) is 26.9 Å². The Morgan fingerprint density at radius 3 is 2.17 bits per heavy atom. The lowest BCUT2D eigenvalue weighted by Gasteiger charge is -2.11. The number of rotatable bonds is 9. The van der Waals surface area contributed by atoms with Crippen LogP contribution in [0.5, 0.6) is 17.2 Å². The van der Waals surface area contributed by atoms with Crippen molar-refractivity contribution in [3.8, 4) is 34.4 Å². The molecule has 6 nitrogen and oxygen atoms in total. The van der Waals surface area contributed by atoms with Gasteiger partial charge in [0.05, 0.1) is 25.3 Å². The number of nitriles is 1. The number of nitrogens with one attached hydrogen (secondary N) is 1. The number of ether oxygens (including phenoxy) is 3. The summed E-state index contributed by atoms with van der Waals surface area (Å²) in [4.78, 5) is 12.0. The van der Waals surface area contributed by atoms with Crippen molar-refractivity contribution in [3.05, 3.63) is 78.4 Å².